The molecule has 0 atom stereocenters. The first kappa shape index (κ1) is 32.3. The topological polar surface area (TPSA) is 66.8 Å². The Morgan fingerprint density at radius 2 is 1.34 bits per heavy atom. The summed E-state index contributed by atoms with van der Waals surface area (Å²) in [6.07, 6.45) is 8.70. The van der Waals surface area contributed by atoms with E-state index in [0.29, 0.717) is 12.2 Å². The van der Waals surface area contributed by atoms with Gasteiger partial charge >= 0.3 is 5.97 Å². The number of rotatable bonds is 17. The molecule has 0 amide bonds. The maximum Gasteiger partial charge on any atom is 0.333 e. The standard InChI is InChI=1S/C37H48O4/c1-5-34-24-31(9-6-7-10-33(25-38)26-39)19-21-36(34)35-20-18-32(23-28(35)4)17-16-30-14-12-29(13-15-30)11-8-22-41-37(40)27(2)3/h12-15,18-21,23-24,33,38-39H,2,5-11,16-17,22,25-26H2,1,3-4H3. The van der Waals surface area contributed by atoms with Crippen molar-refractivity contribution in [1.82, 2.24) is 0 Å². The molecule has 41 heavy (non-hydrogen) atoms. The molecule has 0 saturated carbocycles. The molecule has 0 heterocycles. The molecule has 3 aromatic rings. The molecular weight excluding hydrogens is 508 g/mol. The second-order valence-electron chi connectivity index (χ2n) is 11.3. The maximum absolute atomic E-state index is 11.5. The van der Waals surface area contributed by atoms with Crippen LogP contribution in [0.25, 0.3) is 11.1 Å². The van der Waals surface area contributed by atoms with E-state index in [-0.39, 0.29) is 25.1 Å². The van der Waals surface area contributed by atoms with Crippen LogP contribution in [0.15, 0.2) is 72.8 Å². The van der Waals surface area contributed by atoms with E-state index in [0.717, 1.165) is 57.8 Å². The molecule has 0 aliphatic heterocycles. The van der Waals surface area contributed by atoms with E-state index in [1.807, 2.05) is 0 Å². The fourth-order valence-corrected chi connectivity index (χ4v) is 5.27. The summed E-state index contributed by atoms with van der Waals surface area (Å²) in [6, 6.07) is 22.6. The van der Waals surface area contributed by atoms with Gasteiger partial charge in [-0.2, -0.15) is 0 Å². The predicted molar refractivity (Wildman–Crippen MR) is 169 cm³/mol. The Hall–Kier alpha value is -3.21. The molecule has 0 spiro atoms. The van der Waals surface area contributed by atoms with E-state index in [1.165, 1.54) is 44.5 Å². The van der Waals surface area contributed by atoms with Gasteiger partial charge in [-0.1, -0.05) is 80.6 Å². The smallest absolute Gasteiger partial charge is 0.333 e. The van der Waals surface area contributed by atoms with Crippen LogP contribution in [0.5, 0.6) is 0 Å². The molecule has 0 fully saturated rings. The predicted octanol–water partition coefficient (Wildman–Crippen LogP) is 7.38. The Morgan fingerprint density at radius 3 is 1.95 bits per heavy atom. The lowest BCUT2D eigenvalue weighted by molar-refractivity contribution is -0.139. The number of carbonyl (C=O) groups excluding carboxylic acids is 1. The Bertz CT molecular complexity index is 1250. The molecular formula is C37H48O4. The molecule has 4 nitrogen and oxygen atoms in total. The second kappa shape index (κ2) is 16.9. The lowest BCUT2D eigenvalue weighted by Gasteiger charge is -2.15. The van der Waals surface area contributed by atoms with Crippen LogP contribution in [0.4, 0.5) is 0 Å². The van der Waals surface area contributed by atoms with E-state index in [4.69, 9.17) is 4.74 Å². The zero-order valence-corrected chi connectivity index (χ0v) is 25.3. The average Bonchev–Trinajstić information content (AvgIpc) is 2.99. The van der Waals surface area contributed by atoms with Crippen molar-refractivity contribution in [2.45, 2.75) is 78.6 Å². The highest BCUT2D eigenvalue weighted by atomic mass is 16.5. The van der Waals surface area contributed by atoms with Crippen LogP contribution in [0.2, 0.25) is 0 Å². The number of aliphatic hydroxyl groups excluding tert-OH is 2. The van der Waals surface area contributed by atoms with Crippen molar-refractivity contribution in [3.63, 3.8) is 0 Å². The highest BCUT2D eigenvalue weighted by Gasteiger charge is 2.10. The SMILES string of the molecule is C=C(C)C(=O)OCCCc1ccc(CCc2ccc(-c3ccc(CCCCC(CO)CO)cc3CC)c(C)c2)cc1. The lowest BCUT2D eigenvalue weighted by Crippen LogP contribution is -2.10. The van der Waals surface area contributed by atoms with Crippen molar-refractivity contribution in [2.24, 2.45) is 5.92 Å². The summed E-state index contributed by atoms with van der Waals surface area (Å²) in [7, 11) is 0. The number of aliphatic hydroxyl groups is 2. The van der Waals surface area contributed by atoms with Gasteiger partial charge in [0, 0.05) is 24.7 Å². The Kier molecular flexibility index (Phi) is 13.3. The normalized spacial score (nSPS) is 11.2. The minimum atomic E-state index is -0.317. The maximum atomic E-state index is 11.5. The summed E-state index contributed by atoms with van der Waals surface area (Å²) in [5, 5.41) is 18.5. The van der Waals surface area contributed by atoms with Gasteiger partial charge in [-0.15, -0.1) is 0 Å². The summed E-state index contributed by atoms with van der Waals surface area (Å²) >= 11 is 0. The fourth-order valence-electron chi connectivity index (χ4n) is 5.27. The van der Waals surface area contributed by atoms with Crippen molar-refractivity contribution in [1.29, 1.82) is 0 Å². The van der Waals surface area contributed by atoms with Crippen molar-refractivity contribution < 1.29 is 19.7 Å². The number of carbonyl (C=O) groups is 1. The van der Waals surface area contributed by atoms with Crippen LogP contribution in [0, 0.1) is 12.8 Å². The number of unbranched alkanes of at least 4 members (excludes halogenated alkanes) is 1. The molecule has 220 valence electrons. The molecule has 0 aliphatic carbocycles. The van der Waals surface area contributed by atoms with Crippen LogP contribution in [-0.4, -0.2) is 36.0 Å². The van der Waals surface area contributed by atoms with Crippen molar-refractivity contribution in [3.05, 3.63) is 106 Å². The molecule has 0 radical (unpaired) electrons. The van der Waals surface area contributed by atoms with E-state index < -0.39 is 0 Å². The molecule has 4 heteroatoms. The molecule has 0 saturated heterocycles. The summed E-state index contributed by atoms with van der Waals surface area (Å²) in [4.78, 5) is 11.5. The van der Waals surface area contributed by atoms with Gasteiger partial charge < -0.3 is 14.9 Å². The highest BCUT2D eigenvalue weighted by molar-refractivity contribution is 5.86. The quantitative estimate of drug-likeness (QED) is 0.103. The molecule has 3 rings (SSSR count). The Morgan fingerprint density at radius 1 is 0.780 bits per heavy atom. The summed E-state index contributed by atoms with van der Waals surface area (Å²) in [5.41, 5.74) is 11.1. The van der Waals surface area contributed by atoms with E-state index in [9.17, 15) is 15.0 Å². The van der Waals surface area contributed by atoms with Crippen molar-refractivity contribution in [2.75, 3.05) is 19.8 Å². The van der Waals surface area contributed by atoms with Gasteiger partial charge in [0.25, 0.3) is 0 Å². The van der Waals surface area contributed by atoms with Crippen LogP contribution in [0.3, 0.4) is 0 Å². The highest BCUT2D eigenvalue weighted by Crippen LogP contribution is 2.30. The van der Waals surface area contributed by atoms with Gasteiger partial charge in [0.15, 0.2) is 0 Å². The minimum Gasteiger partial charge on any atom is -0.462 e. The Balaban J connectivity index is 1.52. The van der Waals surface area contributed by atoms with Gasteiger partial charge in [0.2, 0.25) is 0 Å². The third-order valence-corrected chi connectivity index (χ3v) is 7.89. The monoisotopic (exact) mass is 556 g/mol. The molecule has 0 bridgehead atoms. The first-order valence-corrected chi connectivity index (χ1v) is 15.2. The molecule has 3 aromatic carbocycles. The van der Waals surface area contributed by atoms with E-state index >= 15 is 0 Å². The van der Waals surface area contributed by atoms with Crippen molar-refractivity contribution in [3.8, 4) is 11.1 Å². The summed E-state index contributed by atoms with van der Waals surface area (Å²) in [5.74, 6) is -0.305. The van der Waals surface area contributed by atoms with Gasteiger partial charge in [0.05, 0.1) is 6.61 Å². The summed E-state index contributed by atoms with van der Waals surface area (Å²) in [6.45, 7) is 10.3. The number of esters is 1. The van der Waals surface area contributed by atoms with E-state index in [1.54, 1.807) is 6.92 Å². The van der Waals surface area contributed by atoms with Crippen LogP contribution < -0.4 is 0 Å². The summed E-state index contributed by atoms with van der Waals surface area (Å²) < 4.78 is 5.18. The van der Waals surface area contributed by atoms with Gasteiger partial charge in [-0.25, -0.2) is 4.79 Å². The van der Waals surface area contributed by atoms with Gasteiger partial charge in [-0.05, 0) is 110 Å². The van der Waals surface area contributed by atoms with Gasteiger partial charge in [0.1, 0.15) is 0 Å². The second-order valence-corrected chi connectivity index (χ2v) is 11.3. The molecule has 0 aromatic heterocycles. The van der Waals surface area contributed by atoms with E-state index in [2.05, 4.69) is 81.1 Å². The third-order valence-electron chi connectivity index (χ3n) is 7.89. The van der Waals surface area contributed by atoms with Crippen LogP contribution in [0.1, 0.15) is 72.9 Å². The minimum absolute atomic E-state index is 0.0119. The van der Waals surface area contributed by atoms with Crippen LogP contribution in [-0.2, 0) is 41.6 Å². The van der Waals surface area contributed by atoms with Gasteiger partial charge in [-0.3, -0.25) is 0 Å². The molecule has 2 N–H and O–H groups in total. The molecule has 0 unspecified atom stereocenters. The zero-order valence-electron chi connectivity index (χ0n) is 25.3. The lowest BCUT2D eigenvalue weighted by atomic mass is 9.90. The third kappa shape index (κ3) is 10.3. The number of aryl methyl sites for hydroxylation is 6. The fraction of sp³-hybridized carbons (Fsp3) is 0.432. The zero-order chi connectivity index (χ0) is 29.6. The Labute approximate surface area is 247 Å². The van der Waals surface area contributed by atoms with Crippen LogP contribution >= 0.6 is 0 Å². The first-order chi connectivity index (χ1) is 19.8. The number of ether oxygens (including phenoxy) is 1. The van der Waals surface area contributed by atoms with Crippen molar-refractivity contribution >= 4 is 5.97 Å². The number of hydrogen-bond acceptors (Lipinski definition) is 4. The number of hydrogen-bond donors (Lipinski definition) is 2. The average molecular weight is 557 g/mol. The number of benzene rings is 3. The molecule has 0 aliphatic rings. The largest absolute Gasteiger partial charge is 0.462 e. The first-order valence-electron chi connectivity index (χ1n) is 15.2.